The summed E-state index contributed by atoms with van der Waals surface area (Å²) in [6.45, 7) is 5.44. The zero-order chi connectivity index (χ0) is 12.3. The van der Waals surface area contributed by atoms with Crippen LogP contribution in [0, 0.1) is 5.41 Å². The van der Waals surface area contributed by atoms with E-state index in [0.717, 1.165) is 4.90 Å². The number of rotatable bonds is 3. The standard InChI is InChI=1S/C13H18O2S/c1-13(2,3)12(15)11(14)9-5-7-10(16-4)8-6-9/h5-8,11,14H,1-4H3. The van der Waals surface area contributed by atoms with Crippen molar-refractivity contribution in [1.29, 1.82) is 0 Å². The van der Waals surface area contributed by atoms with Gasteiger partial charge in [0.2, 0.25) is 0 Å². The number of benzene rings is 1. The third kappa shape index (κ3) is 3.09. The van der Waals surface area contributed by atoms with Crippen LogP contribution in [0.3, 0.4) is 0 Å². The molecule has 1 aromatic rings. The van der Waals surface area contributed by atoms with Gasteiger partial charge in [0.25, 0.3) is 0 Å². The third-order valence-electron chi connectivity index (χ3n) is 2.42. The number of ketones is 1. The molecule has 88 valence electrons. The van der Waals surface area contributed by atoms with Gasteiger partial charge >= 0.3 is 0 Å². The Labute approximate surface area is 101 Å². The Hall–Kier alpha value is -0.800. The van der Waals surface area contributed by atoms with Gasteiger partial charge in [-0.15, -0.1) is 11.8 Å². The van der Waals surface area contributed by atoms with Gasteiger partial charge in [-0.2, -0.15) is 0 Å². The maximum absolute atomic E-state index is 11.9. The number of thioether (sulfide) groups is 1. The SMILES string of the molecule is CSc1ccc(C(O)C(=O)C(C)(C)C)cc1. The summed E-state index contributed by atoms with van der Waals surface area (Å²) in [7, 11) is 0. The molecule has 0 amide bonds. The highest BCUT2D eigenvalue weighted by Crippen LogP contribution is 2.26. The van der Waals surface area contributed by atoms with E-state index in [2.05, 4.69) is 0 Å². The van der Waals surface area contributed by atoms with Gasteiger partial charge in [-0.05, 0) is 24.0 Å². The quantitative estimate of drug-likeness (QED) is 0.822. The van der Waals surface area contributed by atoms with Crippen molar-refractivity contribution in [3.63, 3.8) is 0 Å². The maximum atomic E-state index is 11.9. The summed E-state index contributed by atoms with van der Waals surface area (Å²) in [5, 5.41) is 9.93. The van der Waals surface area contributed by atoms with Crippen molar-refractivity contribution in [2.24, 2.45) is 5.41 Å². The van der Waals surface area contributed by atoms with Crippen LogP contribution in [-0.4, -0.2) is 17.1 Å². The molecule has 3 heteroatoms. The second kappa shape index (κ2) is 5.02. The lowest BCUT2D eigenvalue weighted by molar-refractivity contribution is -0.135. The van der Waals surface area contributed by atoms with E-state index in [4.69, 9.17) is 0 Å². The molecule has 0 saturated carbocycles. The van der Waals surface area contributed by atoms with Gasteiger partial charge in [-0.1, -0.05) is 32.9 Å². The van der Waals surface area contributed by atoms with Crippen molar-refractivity contribution in [1.82, 2.24) is 0 Å². The number of carbonyl (C=O) groups excluding carboxylic acids is 1. The van der Waals surface area contributed by atoms with E-state index in [0.29, 0.717) is 5.56 Å². The normalized spacial score (nSPS) is 13.6. The van der Waals surface area contributed by atoms with Crippen LogP contribution >= 0.6 is 11.8 Å². The highest BCUT2D eigenvalue weighted by atomic mass is 32.2. The molecule has 2 nitrogen and oxygen atoms in total. The molecular formula is C13H18O2S. The number of carbonyl (C=O) groups is 1. The van der Waals surface area contributed by atoms with Crippen molar-refractivity contribution >= 4 is 17.5 Å². The van der Waals surface area contributed by atoms with Crippen LogP contribution in [0.4, 0.5) is 0 Å². The Balaban J connectivity index is 2.88. The molecule has 0 aliphatic heterocycles. The first-order valence-electron chi connectivity index (χ1n) is 5.22. The predicted molar refractivity (Wildman–Crippen MR) is 67.6 cm³/mol. The molecular weight excluding hydrogens is 220 g/mol. The summed E-state index contributed by atoms with van der Waals surface area (Å²) in [5.41, 5.74) is 0.148. The van der Waals surface area contributed by atoms with Crippen LogP contribution in [0.15, 0.2) is 29.2 Å². The number of aliphatic hydroxyl groups is 1. The molecule has 16 heavy (non-hydrogen) atoms. The van der Waals surface area contributed by atoms with Crippen LogP contribution in [0.5, 0.6) is 0 Å². The average Bonchev–Trinajstić information content (AvgIpc) is 2.26. The van der Waals surface area contributed by atoms with Crippen LogP contribution in [0.2, 0.25) is 0 Å². The van der Waals surface area contributed by atoms with Crippen LogP contribution in [0.1, 0.15) is 32.4 Å². The Morgan fingerprint density at radius 3 is 2.12 bits per heavy atom. The minimum absolute atomic E-state index is 0.149. The van der Waals surface area contributed by atoms with Crippen LogP contribution < -0.4 is 0 Å². The largest absolute Gasteiger partial charge is 0.381 e. The fourth-order valence-corrected chi connectivity index (χ4v) is 1.76. The lowest BCUT2D eigenvalue weighted by Crippen LogP contribution is -2.26. The third-order valence-corrected chi connectivity index (χ3v) is 3.16. The molecule has 0 spiro atoms. The monoisotopic (exact) mass is 238 g/mol. The minimum atomic E-state index is -1.02. The second-order valence-corrected chi connectivity index (χ2v) is 5.67. The van der Waals surface area contributed by atoms with Crippen molar-refractivity contribution in [2.75, 3.05) is 6.26 Å². The molecule has 0 radical (unpaired) electrons. The number of hydrogen-bond donors (Lipinski definition) is 1. The Morgan fingerprint density at radius 2 is 1.75 bits per heavy atom. The molecule has 1 atom stereocenters. The number of aliphatic hydroxyl groups excluding tert-OH is 1. The summed E-state index contributed by atoms with van der Waals surface area (Å²) in [4.78, 5) is 13.0. The van der Waals surface area contributed by atoms with E-state index in [9.17, 15) is 9.90 Å². The Morgan fingerprint density at radius 1 is 1.25 bits per heavy atom. The van der Waals surface area contributed by atoms with E-state index in [1.807, 2.05) is 39.2 Å². The summed E-state index contributed by atoms with van der Waals surface area (Å²) < 4.78 is 0. The van der Waals surface area contributed by atoms with Gasteiger partial charge in [-0.3, -0.25) is 4.79 Å². The summed E-state index contributed by atoms with van der Waals surface area (Å²) in [6.07, 6.45) is 0.974. The molecule has 1 aromatic carbocycles. The molecule has 0 aliphatic rings. The van der Waals surface area contributed by atoms with Gasteiger partial charge in [-0.25, -0.2) is 0 Å². The molecule has 0 bridgehead atoms. The first-order valence-corrected chi connectivity index (χ1v) is 6.45. The predicted octanol–water partition coefficient (Wildman–Crippen LogP) is 3.06. The topological polar surface area (TPSA) is 37.3 Å². The van der Waals surface area contributed by atoms with E-state index < -0.39 is 11.5 Å². The first-order chi connectivity index (χ1) is 7.36. The zero-order valence-corrected chi connectivity index (χ0v) is 11.0. The summed E-state index contributed by atoms with van der Waals surface area (Å²) >= 11 is 1.64. The van der Waals surface area contributed by atoms with E-state index in [1.165, 1.54) is 0 Å². The highest BCUT2D eigenvalue weighted by molar-refractivity contribution is 7.98. The average molecular weight is 238 g/mol. The lowest BCUT2D eigenvalue weighted by Gasteiger charge is -2.21. The Bertz CT molecular complexity index is 363. The zero-order valence-electron chi connectivity index (χ0n) is 10.2. The van der Waals surface area contributed by atoms with Crippen molar-refractivity contribution in [2.45, 2.75) is 31.8 Å². The van der Waals surface area contributed by atoms with E-state index in [1.54, 1.807) is 23.9 Å². The van der Waals surface area contributed by atoms with Gasteiger partial charge in [0, 0.05) is 10.3 Å². The molecule has 1 rings (SSSR count). The highest BCUT2D eigenvalue weighted by Gasteiger charge is 2.28. The summed E-state index contributed by atoms with van der Waals surface area (Å²) in [6, 6.07) is 7.44. The smallest absolute Gasteiger partial charge is 0.171 e. The fourth-order valence-electron chi connectivity index (χ4n) is 1.35. The number of hydrogen-bond acceptors (Lipinski definition) is 3. The van der Waals surface area contributed by atoms with E-state index >= 15 is 0 Å². The van der Waals surface area contributed by atoms with Gasteiger partial charge in [0.1, 0.15) is 6.10 Å². The van der Waals surface area contributed by atoms with E-state index in [-0.39, 0.29) is 5.78 Å². The molecule has 0 saturated heterocycles. The lowest BCUT2D eigenvalue weighted by atomic mass is 9.85. The van der Waals surface area contributed by atoms with Gasteiger partial charge in [0.05, 0.1) is 0 Å². The van der Waals surface area contributed by atoms with Crippen molar-refractivity contribution < 1.29 is 9.90 Å². The Kier molecular flexibility index (Phi) is 4.16. The fraction of sp³-hybridized carbons (Fsp3) is 0.462. The molecule has 0 fully saturated rings. The molecule has 0 aromatic heterocycles. The minimum Gasteiger partial charge on any atom is -0.381 e. The van der Waals surface area contributed by atoms with Gasteiger partial charge < -0.3 is 5.11 Å². The molecule has 1 N–H and O–H groups in total. The van der Waals surface area contributed by atoms with Gasteiger partial charge in [0.15, 0.2) is 5.78 Å². The maximum Gasteiger partial charge on any atom is 0.171 e. The van der Waals surface area contributed by atoms with Crippen LogP contribution in [0.25, 0.3) is 0 Å². The molecule has 1 unspecified atom stereocenters. The summed E-state index contributed by atoms with van der Waals surface area (Å²) in [5.74, 6) is -0.149. The van der Waals surface area contributed by atoms with Crippen LogP contribution in [-0.2, 0) is 4.79 Å². The first kappa shape index (κ1) is 13.3. The van der Waals surface area contributed by atoms with Crippen molar-refractivity contribution in [3.8, 4) is 0 Å². The molecule has 0 aliphatic carbocycles. The number of Topliss-reactive ketones (excluding diaryl/α,β-unsaturated/α-hetero) is 1. The molecule has 0 heterocycles. The van der Waals surface area contributed by atoms with Crippen molar-refractivity contribution in [3.05, 3.63) is 29.8 Å². The second-order valence-electron chi connectivity index (χ2n) is 4.79.